The molecule has 0 heterocycles. The largest absolute Gasteiger partial charge is 0.494 e. The number of hydrogen-bond donors (Lipinski definition) is 2. The summed E-state index contributed by atoms with van der Waals surface area (Å²) in [5.74, 6) is 0.915. The number of carboxylic acid groups (broad SMARTS) is 1. The molecule has 0 saturated heterocycles. The molecular weight excluding hydrogens is 194 g/mol. The van der Waals surface area contributed by atoms with E-state index in [4.69, 9.17) is 20.4 Å². The standard InChI is InChI=1S/C10H15NO.CH2O2/c1-9(11)7-8-12-10-5-3-2-4-6-10;2-1-3/h2-6,9H,7-8,11H2,1H3;1H,(H,2,3). The van der Waals surface area contributed by atoms with Gasteiger partial charge in [-0.3, -0.25) is 4.79 Å². The first-order valence-electron chi connectivity index (χ1n) is 4.72. The van der Waals surface area contributed by atoms with Gasteiger partial charge in [0, 0.05) is 6.04 Å². The number of rotatable bonds is 4. The fourth-order valence-electron chi connectivity index (χ4n) is 0.879. The lowest BCUT2D eigenvalue weighted by Gasteiger charge is -2.07. The maximum atomic E-state index is 8.36. The van der Waals surface area contributed by atoms with E-state index in [1.807, 2.05) is 37.3 Å². The van der Waals surface area contributed by atoms with Crippen molar-refractivity contribution < 1.29 is 14.6 Å². The van der Waals surface area contributed by atoms with Gasteiger partial charge in [0.1, 0.15) is 5.75 Å². The third-order valence-corrected chi connectivity index (χ3v) is 1.59. The van der Waals surface area contributed by atoms with Crippen LogP contribution in [0.15, 0.2) is 30.3 Å². The molecule has 1 aromatic rings. The van der Waals surface area contributed by atoms with Gasteiger partial charge in [0.15, 0.2) is 0 Å². The minimum absolute atomic E-state index is 0.216. The van der Waals surface area contributed by atoms with Crippen molar-refractivity contribution in [2.24, 2.45) is 5.73 Å². The molecule has 0 amide bonds. The van der Waals surface area contributed by atoms with E-state index in [0.29, 0.717) is 6.61 Å². The lowest BCUT2D eigenvalue weighted by molar-refractivity contribution is -0.122. The number of benzene rings is 1. The molecule has 1 unspecified atom stereocenters. The Bertz CT molecular complexity index is 249. The maximum Gasteiger partial charge on any atom is 0.290 e. The van der Waals surface area contributed by atoms with Gasteiger partial charge < -0.3 is 15.6 Å². The molecule has 0 fully saturated rings. The van der Waals surface area contributed by atoms with E-state index in [9.17, 15) is 0 Å². The van der Waals surface area contributed by atoms with Crippen LogP contribution in [0.2, 0.25) is 0 Å². The minimum atomic E-state index is -0.250. The third-order valence-electron chi connectivity index (χ3n) is 1.59. The second kappa shape index (κ2) is 9.02. The van der Waals surface area contributed by atoms with E-state index >= 15 is 0 Å². The number of ether oxygens (including phenoxy) is 1. The summed E-state index contributed by atoms with van der Waals surface area (Å²) >= 11 is 0. The van der Waals surface area contributed by atoms with Crippen LogP contribution in [0.1, 0.15) is 13.3 Å². The highest BCUT2D eigenvalue weighted by molar-refractivity contribution is 5.32. The lowest BCUT2D eigenvalue weighted by atomic mass is 10.3. The number of nitrogens with two attached hydrogens (primary N) is 1. The van der Waals surface area contributed by atoms with Crippen molar-refractivity contribution in [1.82, 2.24) is 0 Å². The Hall–Kier alpha value is -1.55. The molecule has 4 nitrogen and oxygen atoms in total. The fraction of sp³-hybridized carbons (Fsp3) is 0.364. The first kappa shape index (κ1) is 13.4. The predicted molar refractivity (Wildman–Crippen MR) is 58.9 cm³/mol. The fourth-order valence-corrected chi connectivity index (χ4v) is 0.879. The summed E-state index contributed by atoms with van der Waals surface area (Å²) in [7, 11) is 0. The Morgan fingerprint density at radius 3 is 2.47 bits per heavy atom. The Morgan fingerprint density at radius 2 is 2.00 bits per heavy atom. The zero-order valence-corrected chi connectivity index (χ0v) is 8.80. The van der Waals surface area contributed by atoms with Crippen LogP contribution < -0.4 is 10.5 Å². The molecule has 0 aliphatic rings. The van der Waals surface area contributed by atoms with Gasteiger partial charge in [0.2, 0.25) is 0 Å². The van der Waals surface area contributed by atoms with E-state index in [1.54, 1.807) is 0 Å². The van der Waals surface area contributed by atoms with E-state index in [2.05, 4.69) is 0 Å². The summed E-state index contributed by atoms with van der Waals surface area (Å²) in [5, 5.41) is 6.89. The number of hydrogen-bond acceptors (Lipinski definition) is 3. The van der Waals surface area contributed by atoms with Crippen LogP contribution in [-0.4, -0.2) is 24.2 Å². The van der Waals surface area contributed by atoms with Crippen LogP contribution in [-0.2, 0) is 4.79 Å². The first-order valence-corrected chi connectivity index (χ1v) is 4.72. The molecule has 0 spiro atoms. The van der Waals surface area contributed by atoms with Crippen LogP contribution in [0, 0.1) is 0 Å². The van der Waals surface area contributed by atoms with Crippen molar-refractivity contribution in [3.8, 4) is 5.75 Å². The molecule has 1 rings (SSSR count). The Labute approximate surface area is 89.7 Å². The highest BCUT2D eigenvalue weighted by Gasteiger charge is 1.94. The molecule has 0 aliphatic heterocycles. The summed E-state index contributed by atoms with van der Waals surface area (Å²) in [5.41, 5.74) is 5.58. The SMILES string of the molecule is CC(N)CCOc1ccccc1.O=CO. The minimum Gasteiger partial charge on any atom is -0.494 e. The van der Waals surface area contributed by atoms with Gasteiger partial charge in [-0.15, -0.1) is 0 Å². The molecule has 4 heteroatoms. The van der Waals surface area contributed by atoms with Crippen LogP contribution in [0.4, 0.5) is 0 Å². The molecule has 3 N–H and O–H groups in total. The number of carbonyl (C=O) groups is 1. The molecule has 1 aromatic carbocycles. The van der Waals surface area contributed by atoms with Gasteiger partial charge >= 0.3 is 0 Å². The Morgan fingerprint density at radius 1 is 1.47 bits per heavy atom. The van der Waals surface area contributed by atoms with Crippen LogP contribution >= 0.6 is 0 Å². The van der Waals surface area contributed by atoms with E-state index < -0.39 is 0 Å². The van der Waals surface area contributed by atoms with Gasteiger partial charge in [-0.05, 0) is 25.5 Å². The summed E-state index contributed by atoms with van der Waals surface area (Å²) in [4.78, 5) is 8.36. The van der Waals surface area contributed by atoms with E-state index in [-0.39, 0.29) is 12.5 Å². The van der Waals surface area contributed by atoms with Gasteiger partial charge in [0.05, 0.1) is 6.61 Å². The third kappa shape index (κ3) is 8.77. The average molecular weight is 211 g/mol. The van der Waals surface area contributed by atoms with Gasteiger partial charge in [-0.1, -0.05) is 18.2 Å². The van der Waals surface area contributed by atoms with Crippen molar-refractivity contribution in [2.75, 3.05) is 6.61 Å². The quantitative estimate of drug-likeness (QED) is 0.740. The summed E-state index contributed by atoms with van der Waals surface area (Å²) in [6.07, 6.45) is 0.898. The maximum absolute atomic E-state index is 8.36. The normalized spacial score (nSPS) is 10.8. The second-order valence-electron chi connectivity index (χ2n) is 3.03. The van der Waals surface area contributed by atoms with Crippen LogP contribution in [0.25, 0.3) is 0 Å². The van der Waals surface area contributed by atoms with E-state index in [1.165, 1.54) is 0 Å². The van der Waals surface area contributed by atoms with Gasteiger partial charge in [-0.25, -0.2) is 0 Å². The Kier molecular flexibility index (Phi) is 8.09. The Balaban J connectivity index is 0.000000583. The molecule has 1 atom stereocenters. The lowest BCUT2D eigenvalue weighted by Crippen LogP contribution is -2.18. The zero-order chi connectivity index (χ0) is 11.5. The highest BCUT2D eigenvalue weighted by atomic mass is 16.5. The molecule has 0 bridgehead atoms. The molecule has 15 heavy (non-hydrogen) atoms. The van der Waals surface area contributed by atoms with Gasteiger partial charge in [-0.2, -0.15) is 0 Å². The molecule has 0 saturated carbocycles. The van der Waals surface area contributed by atoms with Crippen molar-refractivity contribution in [2.45, 2.75) is 19.4 Å². The summed E-state index contributed by atoms with van der Waals surface area (Å²) in [6.45, 7) is 2.43. The summed E-state index contributed by atoms with van der Waals surface area (Å²) < 4.78 is 5.44. The topological polar surface area (TPSA) is 72.5 Å². The molecule has 0 radical (unpaired) electrons. The monoisotopic (exact) mass is 211 g/mol. The predicted octanol–water partition coefficient (Wildman–Crippen LogP) is 1.50. The second-order valence-corrected chi connectivity index (χ2v) is 3.03. The molecular formula is C11H17NO3. The zero-order valence-electron chi connectivity index (χ0n) is 8.80. The first-order chi connectivity index (χ1) is 7.20. The van der Waals surface area contributed by atoms with E-state index in [0.717, 1.165) is 12.2 Å². The highest BCUT2D eigenvalue weighted by Crippen LogP contribution is 2.08. The molecule has 0 aromatic heterocycles. The van der Waals surface area contributed by atoms with Crippen molar-refractivity contribution in [1.29, 1.82) is 0 Å². The molecule has 0 aliphatic carbocycles. The molecule has 84 valence electrons. The summed E-state index contributed by atoms with van der Waals surface area (Å²) in [6, 6.07) is 10.00. The average Bonchev–Trinajstić information content (AvgIpc) is 2.20. The van der Waals surface area contributed by atoms with Crippen LogP contribution in [0.5, 0.6) is 5.75 Å². The number of para-hydroxylation sites is 1. The van der Waals surface area contributed by atoms with Crippen molar-refractivity contribution in [3.63, 3.8) is 0 Å². The van der Waals surface area contributed by atoms with Gasteiger partial charge in [0.25, 0.3) is 6.47 Å². The smallest absolute Gasteiger partial charge is 0.290 e. The van der Waals surface area contributed by atoms with Crippen LogP contribution in [0.3, 0.4) is 0 Å². The van der Waals surface area contributed by atoms with Crippen molar-refractivity contribution in [3.05, 3.63) is 30.3 Å². The van der Waals surface area contributed by atoms with Crippen molar-refractivity contribution >= 4 is 6.47 Å².